The van der Waals surface area contributed by atoms with Crippen LogP contribution in [0.25, 0.3) is 0 Å². The van der Waals surface area contributed by atoms with Crippen molar-refractivity contribution < 1.29 is 14.2 Å². The van der Waals surface area contributed by atoms with Crippen LogP contribution in [0, 0.1) is 12.7 Å². The summed E-state index contributed by atoms with van der Waals surface area (Å²) in [5.74, 6) is 0.506. The fourth-order valence-corrected chi connectivity index (χ4v) is 2.23. The van der Waals surface area contributed by atoms with Gasteiger partial charge >= 0.3 is 0 Å². The zero-order valence-corrected chi connectivity index (χ0v) is 12.6. The van der Waals surface area contributed by atoms with Gasteiger partial charge in [-0.05, 0) is 61.7 Å². The van der Waals surface area contributed by atoms with Gasteiger partial charge in [-0.1, -0.05) is 18.2 Å². The number of ether oxygens (including phenoxy) is 1. The Bertz CT molecular complexity index is 591. The lowest BCUT2D eigenvalue weighted by Crippen LogP contribution is -2.06. The van der Waals surface area contributed by atoms with Crippen molar-refractivity contribution in [2.75, 3.05) is 0 Å². The van der Waals surface area contributed by atoms with Gasteiger partial charge in [-0.15, -0.1) is 0 Å². The van der Waals surface area contributed by atoms with Gasteiger partial charge in [-0.3, -0.25) is 0 Å². The van der Waals surface area contributed by atoms with Crippen molar-refractivity contribution in [2.45, 2.75) is 39.4 Å². The molecule has 1 N–H and O–H groups in total. The zero-order valence-electron chi connectivity index (χ0n) is 12.6. The third-order valence-corrected chi connectivity index (χ3v) is 3.36. The van der Waals surface area contributed by atoms with E-state index in [-0.39, 0.29) is 11.9 Å². The summed E-state index contributed by atoms with van der Waals surface area (Å²) >= 11 is 0. The van der Waals surface area contributed by atoms with Crippen LogP contribution in [-0.2, 0) is 6.42 Å². The van der Waals surface area contributed by atoms with E-state index in [2.05, 4.69) is 0 Å². The fraction of sp³-hybridized carbons (Fsp3) is 0.333. The van der Waals surface area contributed by atoms with Crippen LogP contribution >= 0.6 is 0 Å². The highest BCUT2D eigenvalue weighted by atomic mass is 19.1. The van der Waals surface area contributed by atoms with Crippen LogP contribution in [0.1, 0.15) is 36.6 Å². The van der Waals surface area contributed by atoms with Gasteiger partial charge in [0.1, 0.15) is 11.6 Å². The van der Waals surface area contributed by atoms with Crippen molar-refractivity contribution in [3.63, 3.8) is 0 Å². The summed E-state index contributed by atoms with van der Waals surface area (Å²) in [4.78, 5) is 0. The molecule has 21 heavy (non-hydrogen) atoms. The zero-order chi connectivity index (χ0) is 15.4. The number of halogens is 1. The molecule has 0 amide bonds. The molecule has 0 fully saturated rings. The highest BCUT2D eigenvalue weighted by Gasteiger charge is 2.11. The minimum atomic E-state index is -0.654. The summed E-state index contributed by atoms with van der Waals surface area (Å²) in [6.07, 6.45) is -0.136. The van der Waals surface area contributed by atoms with Crippen LogP contribution in [0.5, 0.6) is 5.75 Å². The molecular weight excluding hydrogens is 267 g/mol. The predicted molar refractivity (Wildman–Crippen MR) is 82.0 cm³/mol. The second-order valence-electron chi connectivity index (χ2n) is 5.53. The Morgan fingerprint density at radius 3 is 2.38 bits per heavy atom. The molecule has 3 heteroatoms. The number of hydrogen-bond donors (Lipinski definition) is 1. The van der Waals surface area contributed by atoms with Gasteiger partial charge < -0.3 is 9.84 Å². The van der Waals surface area contributed by atoms with Gasteiger partial charge in [0.05, 0.1) is 12.2 Å². The first-order valence-corrected chi connectivity index (χ1v) is 7.15. The lowest BCUT2D eigenvalue weighted by molar-refractivity contribution is 0.178. The molecule has 0 saturated heterocycles. The first-order valence-electron chi connectivity index (χ1n) is 7.15. The van der Waals surface area contributed by atoms with Gasteiger partial charge in [0, 0.05) is 6.42 Å². The third-order valence-electron chi connectivity index (χ3n) is 3.36. The largest absolute Gasteiger partial charge is 0.491 e. The second kappa shape index (κ2) is 6.72. The molecule has 1 atom stereocenters. The number of aryl methyl sites for hydroxylation is 1. The summed E-state index contributed by atoms with van der Waals surface area (Å²) in [6, 6.07) is 12.0. The molecule has 0 aliphatic heterocycles. The van der Waals surface area contributed by atoms with Crippen LogP contribution in [-0.4, -0.2) is 11.2 Å². The Morgan fingerprint density at radius 2 is 1.76 bits per heavy atom. The quantitative estimate of drug-likeness (QED) is 0.893. The van der Waals surface area contributed by atoms with Crippen LogP contribution in [0.2, 0.25) is 0 Å². The van der Waals surface area contributed by atoms with Crippen molar-refractivity contribution in [1.29, 1.82) is 0 Å². The minimum Gasteiger partial charge on any atom is -0.491 e. The van der Waals surface area contributed by atoms with Gasteiger partial charge in [0.25, 0.3) is 0 Å². The molecule has 0 saturated carbocycles. The van der Waals surface area contributed by atoms with Crippen molar-refractivity contribution in [3.8, 4) is 5.75 Å². The van der Waals surface area contributed by atoms with E-state index < -0.39 is 6.10 Å². The predicted octanol–water partition coefficient (Wildman–Crippen LogP) is 4.20. The molecule has 0 aliphatic carbocycles. The topological polar surface area (TPSA) is 29.5 Å². The van der Waals surface area contributed by atoms with E-state index in [0.29, 0.717) is 6.42 Å². The van der Waals surface area contributed by atoms with Gasteiger partial charge in [0.15, 0.2) is 0 Å². The van der Waals surface area contributed by atoms with E-state index in [1.807, 2.05) is 45.0 Å². The van der Waals surface area contributed by atoms with Crippen LogP contribution < -0.4 is 4.74 Å². The molecule has 0 radical (unpaired) electrons. The van der Waals surface area contributed by atoms with E-state index in [0.717, 1.165) is 22.4 Å². The molecule has 2 aromatic rings. The SMILES string of the molecule is Cc1ccc(F)cc1CC(O)c1ccc(OC(C)C)cc1. The number of aliphatic hydroxyl groups excluding tert-OH is 1. The molecule has 2 rings (SSSR count). The molecular formula is C18H21FO2. The summed E-state index contributed by atoms with van der Waals surface area (Å²) in [7, 11) is 0. The van der Waals surface area contributed by atoms with E-state index >= 15 is 0 Å². The first-order chi connectivity index (χ1) is 9.95. The summed E-state index contributed by atoms with van der Waals surface area (Å²) in [5, 5.41) is 10.3. The lowest BCUT2D eigenvalue weighted by Gasteiger charge is -2.15. The van der Waals surface area contributed by atoms with Crippen molar-refractivity contribution in [3.05, 3.63) is 65.0 Å². The smallest absolute Gasteiger partial charge is 0.123 e. The Hall–Kier alpha value is -1.87. The highest BCUT2D eigenvalue weighted by Crippen LogP contribution is 2.23. The monoisotopic (exact) mass is 288 g/mol. The third kappa shape index (κ3) is 4.30. The van der Waals surface area contributed by atoms with E-state index in [4.69, 9.17) is 4.74 Å². The maximum absolute atomic E-state index is 13.3. The Balaban J connectivity index is 2.09. The molecule has 0 heterocycles. The molecule has 0 bridgehead atoms. The summed E-state index contributed by atoms with van der Waals surface area (Å²) in [6.45, 7) is 5.85. The van der Waals surface area contributed by atoms with E-state index in [9.17, 15) is 9.50 Å². The molecule has 1 unspecified atom stereocenters. The fourth-order valence-electron chi connectivity index (χ4n) is 2.23. The number of benzene rings is 2. The molecule has 2 nitrogen and oxygen atoms in total. The van der Waals surface area contributed by atoms with Crippen molar-refractivity contribution >= 4 is 0 Å². The standard InChI is InChI=1S/C18H21FO2/c1-12(2)21-17-8-5-14(6-9-17)18(20)11-15-10-16(19)7-4-13(15)3/h4-10,12,18,20H,11H2,1-3H3. The van der Waals surface area contributed by atoms with E-state index in [1.54, 1.807) is 6.07 Å². The van der Waals surface area contributed by atoms with Gasteiger partial charge in [-0.2, -0.15) is 0 Å². The van der Waals surface area contributed by atoms with Crippen LogP contribution in [0.15, 0.2) is 42.5 Å². The summed E-state index contributed by atoms with van der Waals surface area (Å²) < 4.78 is 18.8. The minimum absolute atomic E-state index is 0.121. The molecule has 0 spiro atoms. The van der Waals surface area contributed by atoms with Crippen LogP contribution in [0.4, 0.5) is 4.39 Å². The number of hydrogen-bond acceptors (Lipinski definition) is 2. The molecule has 0 aromatic heterocycles. The van der Waals surface area contributed by atoms with Crippen molar-refractivity contribution in [2.24, 2.45) is 0 Å². The average Bonchev–Trinajstić information content (AvgIpc) is 2.43. The lowest BCUT2D eigenvalue weighted by atomic mass is 9.98. The van der Waals surface area contributed by atoms with E-state index in [1.165, 1.54) is 12.1 Å². The Kier molecular flexibility index (Phi) is 4.97. The van der Waals surface area contributed by atoms with Gasteiger partial charge in [-0.25, -0.2) is 4.39 Å². The van der Waals surface area contributed by atoms with Gasteiger partial charge in [0.2, 0.25) is 0 Å². The number of rotatable bonds is 5. The normalized spacial score (nSPS) is 12.5. The molecule has 0 aliphatic rings. The van der Waals surface area contributed by atoms with Crippen molar-refractivity contribution in [1.82, 2.24) is 0 Å². The highest BCUT2D eigenvalue weighted by molar-refractivity contribution is 5.32. The maximum atomic E-state index is 13.3. The Labute approximate surface area is 125 Å². The maximum Gasteiger partial charge on any atom is 0.123 e. The average molecular weight is 288 g/mol. The Morgan fingerprint density at radius 1 is 1.10 bits per heavy atom. The summed E-state index contributed by atoms with van der Waals surface area (Å²) in [5.41, 5.74) is 2.61. The van der Waals surface area contributed by atoms with Crippen LogP contribution in [0.3, 0.4) is 0 Å². The molecule has 2 aromatic carbocycles. The molecule has 112 valence electrons. The second-order valence-corrected chi connectivity index (χ2v) is 5.53. The first kappa shape index (κ1) is 15.5. The number of aliphatic hydroxyl groups is 1.